The number of rotatable bonds is 6. The molecule has 62 valence electrons. The third-order valence-electron chi connectivity index (χ3n) is 1.60. The molecule has 0 aliphatic rings. The van der Waals surface area contributed by atoms with Gasteiger partial charge in [-0.2, -0.15) is 5.26 Å². The Labute approximate surface area is 69.7 Å². The second-order valence-electron chi connectivity index (χ2n) is 2.68. The van der Waals surface area contributed by atoms with Crippen LogP contribution in [0.1, 0.15) is 45.4 Å². The Morgan fingerprint density at radius 2 is 2.00 bits per heavy atom. The lowest BCUT2D eigenvalue weighted by molar-refractivity contribution is 0.674. The van der Waals surface area contributed by atoms with Gasteiger partial charge in [0.1, 0.15) is 0 Å². The van der Waals surface area contributed by atoms with E-state index in [1.807, 2.05) is 6.08 Å². The van der Waals surface area contributed by atoms with E-state index in [0.29, 0.717) is 6.42 Å². The summed E-state index contributed by atoms with van der Waals surface area (Å²) < 4.78 is 0. The van der Waals surface area contributed by atoms with Crippen molar-refractivity contribution in [1.29, 1.82) is 5.26 Å². The highest BCUT2D eigenvalue weighted by atomic mass is 14.2. The van der Waals surface area contributed by atoms with Crippen LogP contribution in [0, 0.1) is 11.3 Å². The van der Waals surface area contributed by atoms with Crippen LogP contribution >= 0.6 is 0 Å². The van der Waals surface area contributed by atoms with E-state index in [2.05, 4.69) is 19.1 Å². The zero-order chi connectivity index (χ0) is 8.36. The molecule has 0 aromatic heterocycles. The molecule has 0 saturated heterocycles. The third kappa shape index (κ3) is 9.23. The van der Waals surface area contributed by atoms with E-state index >= 15 is 0 Å². The first-order valence-corrected chi connectivity index (χ1v) is 4.43. The van der Waals surface area contributed by atoms with Crippen molar-refractivity contribution in [2.75, 3.05) is 0 Å². The normalized spacial score (nSPS) is 10.2. The molecule has 0 aliphatic heterocycles. The summed E-state index contributed by atoms with van der Waals surface area (Å²) in [7, 11) is 0. The molecule has 1 nitrogen and oxygen atoms in total. The molecule has 11 heavy (non-hydrogen) atoms. The molecular weight excluding hydrogens is 134 g/mol. The zero-order valence-corrected chi connectivity index (χ0v) is 7.34. The highest BCUT2D eigenvalue weighted by molar-refractivity contribution is 4.90. The summed E-state index contributed by atoms with van der Waals surface area (Å²) in [5.74, 6) is 0. The van der Waals surface area contributed by atoms with Gasteiger partial charge in [-0.15, -0.1) is 0 Å². The number of nitrogens with zero attached hydrogens (tertiary/aromatic N) is 1. The molecular formula is C10H17N. The highest BCUT2D eigenvalue weighted by Crippen LogP contribution is 2.02. The van der Waals surface area contributed by atoms with Crippen LogP contribution in [0.4, 0.5) is 0 Å². The van der Waals surface area contributed by atoms with Gasteiger partial charge in [-0.25, -0.2) is 0 Å². The van der Waals surface area contributed by atoms with Crippen LogP contribution in [0.25, 0.3) is 0 Å². The molecule has 0 atom stereocenters. The second-order valence-corrected chi connectivity index (χ2v) is 2.68. The molecule has 0 aliphatic carbocycles. The quantitative estimate of drug-likeness (QED) is 0.421. The first-order chi connectivity index (χ1) is 5.41. The maximum atomic E-state index is 8.21. The van der Waals surface area contributed by atoms with Crippen LogP contribution in [-0.2, 0) is 0 Å². The summed E-state index contributed by atoms with van der Waals surface area (Å²) in [6.07, 6.45) is 11.0. The van der Waals surface area contributed by atoms with Crippen LogP contribution in [-0.4, -0.2) is 0 Å². The summed E-state index contributed by atoms with van der Waals surface area (Å²) >= 11 is 0. The topological polar surface area (TPSA) is 23.8 Å². The van der Waals surface area contributed by atoms with E-state index in [1.54, 1.807) is 0 Å². The van der Waals surface area contributed by atoms with Gasteiger partial charge < -0.3 is 0 Å². The SMILES string of the molecule is CCCCCCC=CCC#N. The van der Waals surface area contributed by atoms with E-state index in [-0.39, 0.29) is 0 Å². The lowest BCUT2D eigenvalue weighted by Gasteiger charge is -1.92. The van der Waals surface area contributed by atoms with Crippen molar-refractivity contribution in [3.8, 4) is 6.07 Å². The van der Waals surface area contributed by atoms with Crippen molar-refractivity contribution in [3.63, 3.8) is 0 Å². The maximum absolute atomic E-state index is 8.21. The standard InChI is InChI=1S/C10H17N/c1-2-3-4-5-6-7-8-9-10-11/h7-8H,2-6,9H2,1H3. The Kier molecular flexibility index (Phi) is 8.58. The summed E-state index contributed by atoms with van der Waals surface area (Å²) in [5.41, 5.74) is 0. The zero-order valence-electron chi connectivity index (χ0n) is 7.34. The predicted octanol–water partition coefficient (Wildman–Crippen LogP) is 3.43. The molecule has 0 bridgehead atoms. The molecule has 0 aromatic rings. The van der Waals surface area contributed by atoms with Gasteiger partial charge in [-0.05, 0) is 12.8 Å². The fraction of sp³-hybridized carbons (Fsp3) is 0.700. The van der Waals surface area contributed by atoms with Crippen LogP contribution in [0.3, 0.4) is 0 Å². The van der Waals surface area contributed by atoms with E-state index in [4.69, 9.17) is 5.26 Å². The Bertz CT molecular complexity index is 130. The van der Waals surface area contributed by atoms with Gasteiger partial charge in [0, 0.05) is 0 Å². The van der Waals surface area contributed by atoms with Crippen molar-refractivity contribution in [3.05, 3.63) is 12.2 Å². The van der Waals surface area contributed by atoms with Crippen LogP contribution < -0.4 is 0 Å². The number of hydrogen-bond acceptors (Lipinski definition) is 1. The van der Waals surface area contributed by atoms with Crippen LogP contribution in [0.15, 0.2) is 12.2 Å². The summed E-state index contributed by atoms with van der Waals surface area (Å²) in [4.78, 5) is 0. The minimum Gasteiger partial charge on any atom is -0.198 e. The third-order valence-corrected chi connectivity index (χ3v) is 1.60. The Balaban J connectivity index is 2.96. The smallest absolute Gasteiger partial charge is 0.0663 e. The average Bonchev–Trinajstić information content (AvgIpc) is 2.03. The van der Waals surface area contributed by atoms with E-state index in [0.717, 1.165) is 6.42 Å². The molecule has 0 spiro atoms. The number of allylic oxidation sites excluding steroid dienone is 2. The van der Waals surface area contributed by atoms with Crippen molar-refractivity contribution >= 4 is 0 Å². The average molecular weight is 151 g/mol. The first kappa shape index (κ1) is 10.2. The van der Waals surface area contributed by atoms with Crippen LogP contribution in [0.5, 0.6) is 0 Å². The monoisotopic (exact) mass is 151 g/mol. The van der Waals surface area contributed by atoms with Crippen LogP contribution in [0.2, 0.25) is 0 Å². The van der Waals surface area contributed by atoms with E-state index in [9.17, 15) is 0 Å². The van der Waals surface area contributed by atoms with Gasteiger partial charge >= 0.3 is 0 Å². The Hall–Kier alpha value is -0.770. The van der Waals surface area contributed by atoms with Gasteiger partial charge in [-0.3, -0.25) is 0 Å². The minimum atomic E-state index is 0.563. The highest BCUT2D eigenvalue weighted by Gasteiger charge is 1.83. The van der Waals surface area contributed by atoms with Gasteiger partial charge in [-0.1, -0.05) is 38.3 Å². The Morgan fingerprint density at radius 3 is 2.64 bits per heavy atom. The van der Waals surface area contributed by atoms with Gasteiger partial charge in [0.2, 0.25) is 0 Å². The number of nitriles is 1. The van der Waals surface area contributed by atoms with Gasteiger partial charge in [0.25, 0.3) is 0 Å². The number of unbranched alkanes of at least 4 members (excludes halogenated alkanes) is 4. The van der Waals surface area contributed by atoms with Crippen molar-refractivity contribution in [2.45, 2.75) is 45.4 Å². The molecule has 0 rings (SSSR count). The summed E-state index contributed by atoms with van der Waals surface area (Å²) in [6, 6.07) is 2.08. The largest absolute Gasteiger partial charge is 0.198 e. The molecule has 0 amide bonds. The summed E-state index contributed by atoms with van der Waals surface area (Å²) in [6.45, 7) is 2.21. The summed E-state index contributed by atoms with van der Waals surface area (Å²) in [5, 5.41) is 8.21. The molecule has 0 N–H and O–H groups in total. The Morgan fingerprint density at radius 1 is 1.18 bits per heavy atom. The van der Waals surface area contributed by atoms with Gasteiger partial charge in [0.05, 0.1) is 12.5 Å². The van der Waals surface area contributed by atoms with Crippen molar-refractivity contribution in [2.24, 2.45) is 0 Å². The molecule has 0 unspecified atom stereocenters. The van der Waals surface area contributed by atoms with Crippen molar-refractivity contribution in [1.82, 2.24) is 0 Å². The molecule has 0 fully saturated rings. The van der Waals surface area contributed by atoms with Gasteiger partial charge in [0.15, 0.2) is 0 Å². The first-order valence-electron chi connectivity index (χ1n) is 4.43. The maximum Gasteiger partial charge on any atom is 0.0663 e. The molecule has 0 radical (unpaired) electrons. The molecule has 1 heteroatoms. The minimum absolute atomic E-state index is 0.563. The fourth-order valence-electron chi connectivity index (χ4n) is 0.943. The fourth-order valence-corrected chi connectivity index (χ4v) is 0.943. The second kappa shape index (κ2) is 9.23. The van der Waals surface area contributed by atoms with E-state index in [1.165, 1.54) is 25.7 Å². The van der Waals surface area contributed by atoms with Crippen molar-refractivity contribution < 1.29 is 0 Å². The lowest BCUT2D eigenvalue weighted by atomic mass is 10.1. The molecule has 0 aromatic carbocycles. The predicted molar refractivity (Wildman–Crippen MR) is 48.1 cm³/mol. The molecule has 0 heterocycles. The number of hydrogen-bond donors (Lipinski definition) is 0. The van der Waals surface area contributed by atoms with E-state index < -0.39 is 0 Å². The lowest BCUT2D eigenvalue weighted by Crippen LogP contribution is -1.73. The molecule has 0 saturated carbocycles.